The number of ether oxygens (including phenoxy) is 1. The third kappa shape index (κ3) is 7.04. The van der Waals surface area contributed by atoms with Gasteiger partial charge in [0.25, 0.3) is 11.5 Å². The predicted octanol–water partition coefficient (Wildman–Crippen LogP) is 3.08. The molecule has 6 rings (SSSR count). The number of anilines is 1. The van der Waals surface area contributed by atoms with E-state index in [9.17, 15) is 24.0 Å². The molecular weight excluding hydrogens is 576 g/mol. The van der Waals surface area contributed by atoms with Crippen LogP contribution in [0.15, 0.2) is 47.5 Å². The number of rotatable bonds is 11. The molecule has 242 valence electrons. The van der Waals surface area contributed by atoms with Crippen LogP contribution in [0.5, 0.6) is 0 Å². The van der Waals surface area contributed by atoms with Crippen LogP contribution in [0, 0.1) is 16.2 Å². The summed E-state index contributed by atoms with van der Waals surface area (Å²) in [7, 11) is 2.87. The molecule has 0 spiro atoms. The van der Waals surface area contributed by atoms with Gasteiger partial charge >= 0.3 is 5.97 Å². The van der Waals surface area contributed by atoms with Crippen molar-refractivity contribution in [2.45, 2.75) is 90.3 Å². The minimum absolute atomic E-state index is 0.0116. The maximum Gasteiger partial charge on any atom is 0.330 e. The molecule has 0 aromatic carbocycles. The Hall–Kier alpha value is -4.22. The Morgan fingerprint density at radius 3 is 2.24 bits per heavy atom. The van der Waals surface area contributed by atoms with Crippen molar-refractivity contribution in [3.05, 3.63) is 58.8 Å². The van der Waals surface area contributed by atoms with Gasteiger partial charge in [0.2, 0.25) is 11.8 Å². The van der Waals surface area contributed by atoms with Gasteiger partial charge in [-0.3, -0.25) is 23.9 Å². The van der Waals surface area contributed by atoms with Crippen LogP contribution in [-0.2, 0) is 32.7 Å². The lowest BCUT2D eigenvalue weighted by Gasteiger charge is -2.69. The number of pyridine rings is 1. The summed E-state index contributed by atoms with van der Waals surface area (Å²) >= 11 is 0. The molecule has 2 heterocycles. The van der Waals surface area contributed by atoms with E-state index >= 15 is 0 Å². The molecule has 4 aliphatic rings. The normalized spacial score (nSPS) is 28.9. The second-order valence-corrected chi connectivity index (χ2v) is 14.5. The van der Waals surface area contributed by atoms with Gasteiger partial charge in [0.05, 0.1) is 7.11 Å². The number of hydrogen-bond acceptors (Lipinski definition) is 7. The number of aromatic nitrogens is 3. The van der Waals surface area contributed by atoms with Gasteiger partial charge in [0.15, 0.2) is 0 Å². The van der Waals surface area contributed by atoms with Crippen molar-refractivity contribution in [1.82, 2.24) is 25.0 Å². The van der Waals surface area contributed by atoms with E-state index in [0.717, 1.165) is 19.3 Å². The number of allylic oxidation sites excluding steroid dienone is 1. The van der Waals surface area contributed by atoms with Gasteiger partial charge in [-0.1, -0.05) is 26.8 Å². The molecule has 1 atom stereocenters. The molecule has 0 aliphatic heterocycles. The summed E-state index contributed by atoms with van der Waals surface area (Å²) < 4.78 is 7.27. The molecule has 12 nitrogen and oxygen atoms in total. The second kappa shape index (κ2) is 11.9. The molecule has 0 radical (unpaired) electrons. The molecule has 45 heavy (non-hydrogen) atoms. The van der Waals surface area contributed by atoms with Crippen molar-refractivity contribution in [2.24, 2.45) is 23.3 Å². The Kier molecular flexibility index (Phi) is 8.54. The van der Waals surface area contributed by atoms with Gasteiger partial charge in [-0.25, -0.2) is 4.79 Å². The molecule has 3 amide bonds. The van der Waals surface area contributed by atoms with Crippen LogP contribution >= 0.6 is 0 Å². The minimum Gasteiger partial charge on any atom is -0.466 e. The smallest absolute Gasteiger partial charge is 0.330 e. The van der Waals surface area contributed by atoms with Gasteiger partial charge < -0.3 is 25.3 Å². The van der Waals surface area contributed by atoms with Crippen molar-refractivity contribution >= 4 is 29.4 Å². The van der Waals surface area contributed by atoms with Crippen LogP contribution < -0.4 is 21.5 Å². The van der Waals surface area contributed by atoms with E-state index in [1.54, 1.807) is 19.2 Å². The standard InChI is InChI=1S/C33H44N6O6/c1-30-16-31(2)18-32(3,17-30)21-33(19-30,20-31)37-25(40)15-39-14-8-10-23(29(39)44)36-27(42)22(9-6-7-11-26(41)45-5)35-28(43)24-12-13-34-38(24)4/h7-8,10-14,22H,6,9,15-21H2,1-5H3,(H,35,43)(H,36,42)(H,37,40)/b11-7+/t22-,30?,31?,32?,33?/m0/s1. The Bertz CT molecular complexity index is 1540. The maximum absolute atomic E-state index is 13.4. The van der Waals surface area contributed by atoms with E-state index in [1.807, 2.05) is 0 Å². The number of nitrogens with one attached hydrogen (secondary N) is 3. The summed E-state index contributed by atoms with van der Waals surface area (Å²) in [5.74, 6) is -1.89. The zero-order valence-corrected chi connectivity index (χ0v) is 26.8. The largest absolute Gasteiger partial charge is 0.466 e. The number of carbonyl (C=O) groups excluding carboxylic acids is 4. The molecule has 12 heteroatoms. The van der Waals surface area contributed by atoms with E-state index in [4.69, 9.17) is 0 Å². The van der Waals surface area contributed by atoms with Crippen molar-refractivity contribution in [3.63, 3.8) is 0 Å². The molecule has 4 aliphatic carbocycles. The highest BCUT2D eigenvalue weighted by Crippen LogP contribution is 2.70. The van der Waals surface area contributed by atoms with Crippen molar-refractivity contribution < 1.29 is 23.9 Å². The number of amides is 3. The fourth-order valence-electron chi connectivity index (χ4n) is 9.50. The molecule has 0 saturated heterocycles. The van der Waals surface area contributed by atoms with E-state index < -0.39 is 29.4 Å². The van der Waals surface area contributed by atoms with E-state index in [1.165, 1.54) is 66.2 Å². The van der Waals surface area contributed by atoms with E-state index in [0.29, 0.717) is 0 Å². The SMILES string of the molecule is COC(=O)/C=C/CC[C@H](NC(=O)c1ccnn1C)C(=O)Nc1cccn(CC(=O)NC23CC4(C)CC(C)(CC(C)(C4)C2)C3)c1=O. The second-order valence-electron chi connectivity index (χ2n) is 14.5. The number of esters is 1. The van der Waals surface area contributed by atoms with Crippen LogP contribution in [0.4, 0.5) is 5.69 Å². The molecular formula is C33H44N6O6. The maximum atomic E-state index is 13.4. The average molecular weight is 621 g/mol. The summed E-state index contributed by atoms with van der Waals surface area (Å²) in [6.45, 7) is 6.87. The first-order valence-corrected chi connectivity index (χ1v) is 15.5. The molecule has 0 unspecified atom stereocenters. The Labute approximate surface area is 263 Å². The Morgan fingerprint density at radius 1 is 1.02 bits per heavy atom. The van der Waals surface area contributed by atoms with Crippen LogP contribution in [0.1, 0.15) is 82.6 Å². The lowest BCUT2D eigenvalue weighted by molar-refractivity contribution is -0.164. The lowest BCUT2D eigenvalue weighted by atomic mass is 9.38. The monoisotopic (exact) mass is 620 g/mol. The Morgan fingerprint density at radius 2 is 1.67 bits per heavy atom. The zero-order valence-electron chi connectivity index (χ0n) is 26.8. The van der Waals surface area contributed by atoms with Gasteiger partial charge in [-0.2, -0.15) is 5.10 Å². The van der Waals surface area contributed by atoms with Crippen molar-refractivity contribution in [2.75, 3.05) is 12.4 Å². The fraction of sp³-hybridized carbons (Fsp3) is 0.576. The highest BCUT2D eigenvalue weighted by Gasteiger charge is 2.64. The van der Waals surface area contributed by atoms with E-state index in [2.05, 4.69) is 46.6 Å². The van der Waals surface area contributed by atoms with E-state index in [-0.39, 0.29) is 58.5 Å². The van der Waals surface area contributed by atoms with Crippen molar-refractivity contribution in [3.8, 4) is 0 Å². The van der Waals surface area contributed by atoms with Crippen LogP contribution in [0.3, 0.4) is 0 Å². The minimum atomic E-state index is -1.04. The lowest BCUT2D eigenvalue weighted by Crippen LogP contribution is -2.68. The summed E-state index contributed by atoms with van der Waals surface area (Å²) in [6, 6.07) is 3.55. The number of hydrogen-bond donors (Lipinski definition) is 3. The van der Waals surface area contributed by atoms with Gasteiger partial charge in [0.1, 0.15) is 24.0 Å². The summed E-state index contributed by atoms with van der Waals surface area (Å²) in [5, 5.41) is 12.7. The molecule has 2 aromatic rings. The van der Waals surface area contributed by atoms with Crippen LogP contribution in [0.25, 0.3) is 0 Å². The number of nitrogens with zero attached hydrogens (tertiary/aromatic N) is 3. The molecule has 4 fully saturated rings. The highest BCUT2D eigenvalue weighted by atomic mass is 16.5. The molecule has 4 bridgehead atoms. The topological polar surface area (TPSA) is 153 Å². The summed E-state index contributed by atoms with van der Waals surface area (Å²) in [5.41, 5.74) is 0.0319. The molecule has 4 saturated carbocycles. The fourth-order valence-corrected chi connectivity index (χ4v) is 9.50. The number of methoxy groups -OCH3 is 1. The average Bonchev–Trinajstić information content (AvgIpc) is 3.35. The molecule has 3 N–H and O–H groups in total. The van der Waals surface area contributed by atoms with Gasteiger partial charge in [-0.15, -0.1) is 0 Å². The number of carbonyl (C=O) groups is 4. The first-order chi connectivity index (χ1) is 21.1. The predicted molar refractivity (Wildman–Crippen MR) is 167 cm³/mol. The zero-order chi connectivity index (χ0) is 32.6. The van der Waals surface area contributed by atoms with Crippen molar-refractivity contribution in [1.29, 1.82) is 0 Å². The van der Waals surface area contributed by atoms with Crippen LogP contribution in [-0.4, -0.2) is 56.7 Å². The first-order valence-electron chi connectivity index (χ1n) is 15.5. The van der Waals surface area contributed by atoms with Gasteiger partial charge in [-0.05, 0) is 85.8 Å². The van der Waals surface area contributed by atoms with Gasteiger partial charge in [0, 0.05) is 31.1 Å². The van der Waals surface area contributed by atoms with Crippen LogP contribution in [0.2, 0.25) is 0 Å². The number of aryl methyl sites for hydroxylation is 1. The quantitative estimate of drug-likeness (QED) is 0.258. The molecule has 2 aromatic heterocycles. The Balaban J connectivity index is 1.27. The third-order valence-electron chi connectivity index (χ3n) is 9.61. The third-order valence-corrected chi connectivity index (χ3v) is 9.61. The first kappa shape index (κ1) is 32.2. The summed E-state index contributed by atoms with van der Waals surface area (Å²) in [6.07, 6.45) is 12.6. The highest BCUT2D eigenvalue weighted by molar-refractivity contribution is 6.00. The summed E-state index contributed by atoms with van der Waals surface area (Å²) in [4.78, 5) is 64.6.